The van der Waals surface area contributed by atoms with Crippen molar-refractivity contribution in [3.63, 3.8) is 0 Å². The molecule has 124 valence electrons. The molecule has 0 unspecified atom stereocenters. The Morgan fingerprint density at radius 3 is 2.58 bits per heavy atom. The van der Waals surface area contributed by atoms with Crippen LogP contribution in [0.3, 0.4) is 0 Å². The number of halogens is 2. The number of furan rings is 1. The molecule has 0 fully saturated rings. The maximum absolute atomic E-state index is 13.6. The fraction of sp³-hybridized carbons (Fsp3) is 0.0625. The first-order chi connectivity index (χ1) is 11.5. The lowest BCUT2D eigenvalue weighted by molar-refractivity contribution is 0.543. The summed E-state index contributed by atoms with van der Waals surface area (Å²) in [6.45, 7) is -0.0788. The first-order valence-corrected chi connectivity index (χ1v) is 8.37. The van der Waals surface area contributed by atoms with Crippen LogP contribution in [-0.2, 0) is 16.6 Å². The molecule has 0 atom stereocenters. The van der Waals surface area contributed by atoms with Crippen LogP contribution in [0.5, 0.6) is 0 Å². The van der Waals surface area contributed by atoms with E-state index in [1.54, 1.807) is 24.3 Å². The van der Waals surface area contributed by atoms with Gasteiger partial charge in [0.2, 0.25) is 10.0 Å². The van der Waals surface area contributed by atoms with Gasteiger partial charge in [0, 0.05) is 18.8 Å². The summed E-state index contributed by atoms with van der Waals surface area (Å²) in [4.78, 5) is 3.56. The Morgan fingerprint density at radius 2 is 1.96 bits per heavy atom. The van der Waals surface area contributed by atoms with Crippen LogP contribution in [0.1, 0.15) is 5.56 Å². The lowest BCUT2D eigenvalue weighted by Gasteiger charge is -2.08. The van der Waals surface area contributed by atoms with Crippen LogP contribution in [0.25, 0.3) is 11.5 Å². The van der Waals surface area contributed by atoms with E-state index < -0.39 is 26.6 Å². The molecule has 0 saturated heterocycles. The number of hydrogen-bond donors (Lipinski definition) is 1. The Labute approximate surface area is 137 Å². The van der Waals surface area contributed by atoms with E-state index in [9.17, 15) is 17.2 Å². The molecule has 0 saturated carbocycles. The van der Waals surface area contributed by atoms with Crippen molar-refractivity contribution in [1.29, 1.82) is 0 Å². The number of sulfonamides is 1. The van der Waals surface area contributed by atoms with Crippen LogP contribution in [0.4, 0.5) is 8.78 Å². The number of aromatic nitrogens is 1. The Balaban J connectivity index is 1.73. The van der Waals surface area contributed by atoms with Crippen molar-refractivity contribution >= 4 is 10.0 Å². The molecule has 8 heteroatoms. The van der Waals surface area contributed by atoms with Gasteiger partial charge in [-0.05, 0) is 35.9 Å². The first-order valence-electron chi connectivity index (χ1n) is 6.89. The largest absolute Gasteiger partial charge is 0.463 e. The van der Waals surface area contributed by atoms with Crippen LogP contribution in [-0.4, -0.2) is 13.4 Å². The summed E-state index contributed by atoms with van der Waals surface area (Å²) in [6.07, 6.45) is 3.01. The Kier molecular flexibility index (Phi) is 4.41. The van der Waals surface area contributed by atoms with Crippen LogP contribution >= 0.6 is 0 Å². The van der Waals surface area contributed by atoms with E-state index in [4.69, 9.17) is 4.42 Å². The van der Waals surface area contributed by atoms with Gasteiger partial charge in [0.25, 0.3) is 0 Å². The highest BCUT2D eigenvalue weighted by molar-refractivity contribution is 7.89. The van der Waals surface area contributed by atoms with E-state index in [-0.39, 0.29) is 6.54 Å². The van der Waals surface area contributed by atoms with Crippen LogP contribution in [0, 0.1) is 11.6 Å². The van der Waals surface area contributed by atoms with Gasteiger partial charge < -0.3 is 4.42 Å². The Bertz CT molecular complexity index is 940. The molecule has 0 spiro atoms. The maximum atomic E-state index is 13.6. The van der Waals surface area contributed by atoms with Crippen molar-refractivity contribution < 1.29 is 21.6 Å². The summed E-state index contributed by atoms with van der Waals surface area (Å²) in [5.41, 5.74) is 1.19. The van der Waals surface area contributed by atoms with Crippen LogP contribution in [0.2, 0.25) is 0 Å². The number of pyridine rings is 1. The molecule has 0 radical (unpaired) electrons. The van der Waals surface area contributed by atoms with Gasteiger partial charge in [-0.1, -0.05) is 6.07 Å². The predicted molar refractivity (Wildman–Crippen MR) is 82.3 cm³/mol. The highest BCUT2D eigenvalue weighted by Gasteiger charge is 2.19. The van der Waals surface area contributed by atoms with Gasteiger partial charge in [0.1, 0.15) is 22.2 Å². The second-order valence-electron chi connectivity index (χ2n) is 4.93. The molecule has 0 bridgehead atoms. The zero-order valence-electron chi connectivity index (χ0n) is 12.2. The van der Waals surface area contributed by atoms with Crippen molar-refractivity contribution in [1.82, 2.24) is 9.71 Å². The molecule has 3 aromatic rings. The van der Waals surface area contributed by atoms with Crippen molar-refractivity contribution in [3.8, 4) is 11.5 Å². The number of benzene rings is 1. The second kappa shape index (κ2) is 6.50. The lowest BCUT2D eigenvalue weighted by atomic mass is 10.2. The lowest BCUT2D eigenvalue weighted by Crippen LogP contribution is -2.24. The average molecular weight is 350 g/mol. The third-order valence-electron chi connectivity index (χ3n) is 3.25. The molecule has 1 N–H and O–H groups in total. The molecule has 0 aliphatic rings. The third kappa shape index (κ3) is 3.50. The molecular formula is C16H12F2N2O3S. The smallest absolute Gasteiger partial charge is 0.243 e. The molecule has 3 rings (SSSR count). The summed E-state index contributed by atoms with van der Waals surface area (Å²) in [6, 6.07) is 9.13. The molecule has 2 aromatic heterocycles. The van der Waals surface area contributed by atoms with Crippen molar-refractivity contribution in [2.24, 2.45) is 0 Å². The minimum Gasteiger partial charge on any atom is -0.463 e. The number of nitrogens with zero attached hydrogens (tertiary/aromatic N) is 1. The van der Waals surface area contributed by atoms with E-state index in [0.29, 0.717) is 23.1 Å². The molecule has 5 nitrogen and oxygen atoms in total. The van der Waals surface area contributed by atoms with Gasteiger partial charge in [-0.25, -0.2) is 21.9 Å². The van der Waals surface area contributed by atoms with Gasteiger partial charge in [0.15, 0.2) is 5.76 Å². The van der Waals surface area contributed by atoms with E-state index in [0.717, 1.165) is 12.1 Å². The topological polar surface area (TPSA) is 72.2 Å². The highest BCUT2D eigenvalue weighted by Crippen LogP contribution is 2.18. The van der Waals surface area contributed by atoms with Gasteiger partial charge in [-0.15, -0.1) is 0 Å². The molecule has 24 heavy (non-hydrogen) atoms. The van der Waals surface area contributed by atoms with Crippen molar-refractivity contribution in [2.45, 2.75) is 11.4 Å². The first kappa shape index (κ1) is 16.3. The summed E-state index contributed by atoms with van der Waals surface area (Å²) in [5, 5.41) is 0. The zero-order valence-corrected chi connectivity index (χ0v) is 13.1. The molecular weight excluding hydrogens is 338 g/mol. The molecule has 1 aromatic carbocycles. The SMILES string of the molecule is O=S(=O)(NCc1ccc(-c2ccco2)nc1)c1ccc(F)cc1F. The average Bonchev–Trinajstić information content (AvgIpc) is 3.07. The summed E-state index contributed by atoms with van der Waals surface area (Å²) in [5.74, 6) is -1.39. The standard InChI is InChI=1S/C16H12F2N2O3S/c17-12-4-6-16(13(18)8-12)24(21,22)20-10-11-3-5-14(19-9-11)15-2-1-7-23-15/h1-9,20H,10H2. The zero-order chi connectivity index (χ0) is 17.2. The summed E-state index contributed by atoms with van der Waals surface area (Å²) >= 11 is 0. The van der Waals surface area contributed by atoms with Crippen molar-refractivity contribution in [2.75, 3.05) is 0 Å². The second-order valence-corrected chi connectivity index (χ2v) is 6.66. The van der Waals surface area contributed by atoms with E-state index in [1.165, 1.54) is 12.5 Å². The quantitative estimate of drug-likeness (QED) is 0.767. The van der Waals surface area contributed by atoms with Crippen LogP contribution in [0.15, 0.2) is 64.2 Å². The van der Waals surface area contributed by atoms with Gasteiger partial charge in [0.05, 0.1) is 6.26 Å². The number of hydrogen-bond acceptors (Lipinski definition) is 4. The predicted octanol–water partition coefficient (Wildman–Crippen LogP) is 3.10. The summed E-state index contributed by atoms with van der Waals surface area (Å²) < 4.78 is 58.1. The molecule has 0 amide bonds. The monoisotopic (exact) mass is 350 g/mol. The minimum absolute atomic E-state index is 0.0788. The third-order valence-corrected chi connectivity index (χ3v) is 4.68. The maximum Gasteiger partial charge on any atom is 0.243 e. The Hall–Kier alpha value is -2.58. The van der Waals surface area contributed by atoms with Gasteiger partial charge in [-0.2, -0.15) is 0 Å². The molecule has 0 aliphatic carbocycles. The normalized spacial score (nSPS) is 11.6. The molecule has 0 aliphatic heterocycles. The van der Waals surface area contributed by atoms with E-state index >= 15 is 0 Å². The minimum atomic E-state index is -4.10. The van der Waals surface area contributed by atoms with E-state index in [1.807, 2.05) is 0 Å². The fourth-order valence-electron chi connectivity index (χ4n) is 2.05. The van der Waals surface area contributed by atoms with Crippen LogP contribution < -0.4 is 4.72 Å². The van der Waals surface area contributed by atoms with E-state index in [2.05, 4.69) is 9.71 Å². The number of nitrogens with one attached hydrogen (secondary N) is 1. The van der Waals surface area contributed by atoms with Crippen molar-refractivity contribution in [3.05, 3.63) is 72.1 Å². The summed E-state index contributed by atoms with van der Waals surface area (Å²) in [7, 11) is -4.10. The van der Waals surface area contributed by atoms with Gasteiger partial charge in [-0.3, -0.25) is 4.98 Å². The van der Waals surface area contributed by atoms with Gasteiger partial charge >= 0.3 is 0 Å². The Morgan fingerprint density at radius 1 is 1.12 bits per heavy atom. The highest BCUT2D eigenvalue weighted by atomic mass is 32.2. The number of rotatable bonds is 5. The fourth-order valence-corrected chi connectivity index (χ4v) is 3.12. The molecule has 2 heterocycles.